The molecule has 20 heavy (non-hydrogen) atoms. The first-order valence-electron chi connectivity index (χ1n) is 6.17. The average molecular weight is 271 g/mol. The van der Waals surface area contributed by atoms with Gasteiger partial charge >= 0.3 is 6.03 Å². The van der Waals surface area contributed by atoms with E-state index in [-0.39, 0.29) is 6.03 Å². The maximum absolute atomic E-state index is 12.0. The van der Waals surface area contributed by atoms with Crippen molar-refractivity contribution in [3.63, 3.8) is 0 Å². The fourth-order valence-corrected chi connectivity index (χ4v) is 1.85. The van der Waals surface area contributed by atoms with E-state index in [0.29, 0.717) is 22.8 Å². The topological polar surface area (TPSA) is 76.4 Å². The number of hydrogen-bond acceptors (Lipinski definition) is 3. The van der Waals surface area contributed by atoms with Crippen molar-refractivity contribution in [1.29, 1.82) is 0 Å². The number of anilines is 3. The molecule has 0 spiro atoms. The Balaban J connectivity index is 2.09. The Morgan fingerprint density at radius 2 is 1.80 bits per heavy atom. The molecule has 0 fully saturated rings. The average Bonchev–Trinajstić information content (AvgIpc) is 2.42. The van der Waals surface area contributed by atoms with Gasteiger partial charge in [0.15, 0.2) is 0 Å². The van der Waals surface area contributed by atoms with Crippen LogP contribution in [-0.2, 0) is 0 Å². The van der Waals surface area contributed by atoms with Crippen LogP contribution in [0, 0.1) is 6.92 Å². The molecule has 0 aliphatic rings. The van der Waals surface area contributed by atoms with Crippen molar-refractivity contribution in [2.75, 3.05) is 23.5 Å². The Bertz CT molecular complexity index is 626. The number of methoxy groups -OCH3 is 1. The van der Waals surface area contributed by atoms with Crippen molar-refractivity contribution in [3.8, 4) is 5.75 Å². The summed E-state index contributed by atoms with van der Waals surface area (Å²) in [7, 11) is 1.56. The Morgan fingerprint density at radius 3 is 2.50 bits per heavy atom. The molecule has 2 aromatic rings. The minimum atomic E-state index is -0.331. The van der Waals surface area contributed by atoms with E-state index in [1.807, 2.05) is 19.1 Å². The van der Waals surface area contributed by atoms with E-state index in [1.165, 1.54) is 0 Å². The molecule has 0 unspecified atom stereocenters. The molecule has 5 nitrogen and oxygen atoms in total. The highest BCUT2D eigenvalue weighted by molar-refractivity contribution is 6.01. The van der Waals surface area contributed by atoms with Crippen LogP contribution < -0.4 is 21.1 Å². The summed E-state index contributed by atoms with van der Waals surface area (Å²) < 4.78 is 5.18. The fraction of sp³-hybridized carbons (Fsp3) is 0.133. The van der Waals surface area contributed by atoms with Gasteiger partial charge in [-0.15, -0.1) is 0 Å². The van der Waals surface area contributed by atoms with Gasteiger partial charge in [-0.3, -0.25) is 0 Å². The molecule has 4 N–H and O–H groups in total. The van der Waals surface area contributed by atoms with E-state index in [9.17, 15) is 4.79 Å². The first kappa shape index (κ1) is 13.7. The molecule has 0 radical (unpaired) electrons. The quantitative estimate of drug-likeness (QED) is 0.750. The molecule has 2 rings (SSSR count). The number of para-hydroxylation sites is 2. The lowest BCUT2D eigenvalue weighted by Crippen LogP contribution is -2.20. The highest BCUT2D eigenvalue weighted by atomic mass is 16.5. The summed E-state index contributed by atoms with van der Waals surface area (Å²) in [6.07, 6.45) is 0. The maximum atomic E-state index is 12.0. The molecule has 5 heteroatoms. The summed E-state index contributed by atoms with van der Waals surface area (Å²) in [4.78, 5) is 12.0. The molecule has 2 amide bonds. The summed E-state index contributed by atoms with van der Waals surface area (Å²) in [5.74, 6) is 0.608. The van der Waals surface area contributed by atoms with Crippen LogP contribution in [0.4, 0.5) is 21.9 Å². The number of amides is 2. The standard InChI is InChI=1S/C15H17N3O2/c1-10-9-11(16)7-8-12(10)17-15(19)18-13-5-3-4-6-14(13)20-2/h3-9H,16H2,1-2H3,(H2,17,18,19). The van der Waals surface area contributed by atoms with Crippen LogP contribution in [-0.4, -0.2) is 13.1 Å². The van der Waals surface area contributed by atoms with Crippen LogP contribution in [0.1, 0.15) is 5.56 Å². The second-order valence-corrected chi connectivity index (χ2v) is 4.35. The molecule has 0 aliphatic carbocycles. The number of carbonyl (C=O) groups excluding carboxylic acids is 1. The summed E-state index contributed by atoms with van der Waals surface area (Å²) >= 11 is 0. The Kier molecular flexibility index (Phi) is 4.10. The number of hydrogen-bond donors (Lipinski definition) is 3. The summed E-state index contributed by atoms with van der Waals surface area (Å²) in [5, 5.41) is 5.52. The first-order valence-corrected chi connectivity index (χ1v) is 6.17. The molecule has 0 aliphatic heterocycles. The minimum absolute atomic E-state index is 0.331. The van der Waals surface area contributed by atoms with Crippen molar-refractivity contribution in [2.24, 2.45) is 0 Å². The molecular formula is C15H17N3O2. The lowest BCUT2D eigenvalue weighted by molar-refractivity contribution is 0.262. The Morgan fingerprint density at radius 1 is 1.10 bits per heavy atom. The zero-order chi connectivity index (χ0) is 14.5. The highest BCUT2D eigenvalue weighted by Gasteiger charge is 2.08. The van der Waals surface area contributed by atoms with Gasteiger partial charge in [-0.25, -0.2) is 4.79 Å². The van der Waals surface area contributed by atoms with Gasteiger partial charge in [-0.2, -0.15) is 0 Å². The smallest absolute Gasteiger partial charge is 0.323 e. The van der Waals surface area contributed by atoms with Gasteiger partial charge in [-0.1, -0.05) is 12.1 Å². The van der Waals surface area contributed by atoms with Crippen molar-refractivity contribution in [1.82, 2.24) is 0 Å². The van der Waals surface area contributed by atoms with Gasteiger partial charge in [-0.05, 0) is 42.8 Å². The number of nitrogen functional groups attached to an aromatic ring is 1. The number of ether oxygens (including phenoxy) is 1. The first-order chi connectivity index (χ1) is 9.60. The molecule has 0 saturated heterocycles. The van der Waals surface area contributed by atoms with Gasteiger partial charge in [0.25, 0.3) is 0 Å². The third-order valence-electron chi connectivity index (χ3n) is 2.85. The van der Waals surface area contributed by atoms with E-state index in [0.717, 1.165) is 5.56 Å². The van der Waals surface area contributed by atoms with Crippen LogP contribution in [0.5, 0.6) is 5.75 Å². The van der Waals surface area contributed by atoms with Crippen molar-refractivity contribution in [3.05, 3.63) is 48.0 Å². The third-order valence-corrected chi connectivity index (χ3v) is 2.85. The minimum Gasteiger partial charge on any atom is -0.495 e. The van der Waals surface area contributed by atoms with Crippen molar-refractivity contribution < 1.29 is 9.53 Å². The van der Waals surface area contributed by atoms with E-state index in [2.05, 4.69) is 10.6 Å². The SMILES string of the molecule is COc1ccccc1NC(=O)Nc1ccc(N)cc1C. The molecule has 104 valence electrons. The fourth-order valence-electron chi connectivity index (χ4n) is 1.85. The lowest BCUT2D eigenvalue weighted by atomic mass is 10.2. The number of nitrogens with one attached hydrogen (secondary N) is 2. The zero-order valence-corrected chi connectivity index (χ0v) is 11.4. The Labute approximate surface area is 117 Å². The van der Waals surface area contributed by atoms with Gasteiger partial charge in [0, 0.05) is 11.4 Å². The van der Waals surface area contributed by atoms with Crippen molar-refractivity contribution >= 4 is 23.1 Å². The van der Waals surface area contributed by atoms with Gasteiger partial charge in [0.1, 0.15) is 5.75 Å². The normalized spacial score (nSPS) is 9.90. The monoisotopic (exact) mass is 271 g/mol. The van der Waals surface area contributed by atoms with E-state index >= 15 is 0 Å². The van der Waals surface area contributed by atoms with Crippen LogP contribution in [0.15, 0.2) is 42.5 Å². The molecular weight excluding hydrogens is 254 g/mol. The van der Waals surface area contributed by atoms with Gasteiger partial charge < -0.3 is 21.1 Å². The number of rotatable bonds is 3. The van der Waals surface area contributed by atoms with Crippen LogP contribution >= 0.6 is 0 Å². The Hall–Kier alpha value is -2.69. The van der Waals surface area contributed by atoms with Gasteiger partial charge in [0.2, 0.25) is 0 Å². The van der Waals surface area contributed by atoms with E-state index in [4.69, 9.17) is 10.5 Å². The molecule has 2 aromatic carbocycles. The molecule has 0 heterocycles. The van der Waals surface area contributed by atoms with E-state index in [1.54, 1.807) is 37.4 Å². The summed E-state index contributed by atoms with van der Waals surface area (Å²) in [5.41, 5.74) is 8.57. The number of aryl methyl sites for hydroxylation is 1. The highest BCUT2D eigenvalue weighted by Crippen LogP contribution is 2.23. The van der Waals surface area contributed by atoms with Crippen molar-refractivity contribution in [2.45, 2.75) is 6.92 Å². The number of nitrogens with two attached hydrogens (primary N) is 1. The number of benzene rings is 2. The number of urea groups is 1. The van der Waals surface area contributed by atoms with Crippen LogP contribution in [0.25, 0.3) is 0 Å². The van der Waals surface area contributed by atoms with Crippen LogP contribution in [0.3, 0.4) is 0 Å². The second-order valence-electron chi connectivity index (χ2n) is 4.35. The number of carbonyl (C=O) groups is 1. The molecule has 0 bridgehead atoms. The third kappa shape index (κ3) is 3.20. The van der Waals surface area contributed by atoms with E-state index < -0.39 is 0 Å². The van der Waals surface area contributed by atoms with Crippen LogP contribution in [0.2, 0.25) is 0 Å². The molecule has 0 atom stereocenters. The lowest BCUT2D eigenvalue weighted by Gasteiger charge is -2.12. The second kappa shape index (κ2) is 5.97. The largest absolute Gasteiger partial charge is 0.495 e. The summed E-state index contributed by atoms with van der Waals surface area (Å²) in [6, 6.07) is 12.2. The predicted octanol–water partition coefficient (Wildman–Crippen LogP) is 3.23. The maximum Gasteiger partial charge on any atom is 0.323 e. The molecule has 0 aromatic heterocycles. The van der Waals surface area contributed by atoms with Gasteiger partial charge in [0.05, 0.1) is 12.8 Å². The summed E-state index contributed by atoms with van der Waals surface area (Å²) in [6.45, 7) is 1.88. The predicted molar refractivity (Wildman–Crippen MR) is 81.2 cm³/mol. The zero-order valence-electron chi connectivity index (χ0n) is 11.4. The molecule has 0 saturated carbocycles.